The van der Waals surface area contributed by atoms with Gasteiger partial charge in [-0.25, -0.2) is 4.39 Å². The van der Waals surface area contributed by atoms with Crippen LogP contribution in [-0.2, 0) is 5.33 Å². The van der Waals surface area contributed by atoms with E-state index in [1.807, 2.05) is 0 Å². The molecule has 0 atom stereocenters. The van der Waals surface area contributed by atoms with Gasteiger partial charge in [0.2, 0.25) is 0 Å². The lowest BCUT2D eigenvalue weighted by Gasteiger charge is -2.00. The highest BCUT2D eigenvalue weighted by Crippen LogP contribution is 2.28. The van der Waals surface area contributed by atoms with E-state index in [0.717, 1.165) is 5.56 Å². The maximum absolute atomic E-state index is 12.7. The van der Waals surface area contributed by atoms with Gasteiger partial charge in [0.1, 0.15) is 0 Å². The van der Waals surface area contributed by atoms with Crippen molar-refractivity contribution in [3.8, 4) is 5.75 Å². The first-order valence-electron chi connectivity index (χ1n) is 2.88. The molecule has 0 amide bonds. The number of rotatable bonds is 1. The predicted octanol–water partition coefficient (Wildman–Crippen LogP) is 3.19. The average Bonchev–Trinajstić information content (AvgIpc) is 1.99. The quantitative estimate of drug-likeness (QED) is 0.785. The van der Waals surface area contributed by atoms with Gasteiger partial charge in [-0.05, 0) is 33.6 Å². The summed E-state index contributed by atoms with van der Waals surface area (Å²) in [6.45, 7) is 0. The number of aromatic hydroxyl groups is 1. The summed E-state index contributed by atoms with van der Waals surface area (Å²) in [4.78, 5) is 0. The maximum Gasteiger partial charge on any atom is 0.166 e. The molecule has 0 bridgehead atoms. The van der Waals surface area contributed by atoms with Crippen LogP contribution in [0, 0.1) is 5.82 Å². The molecule has 0 saturated heterocycles. The van der Waals surface area contributed by atoms with Crippen LogP contribution < -0.4 is 0 Å². The van der Waals surface area contributed by atoms with E-state index in [-0.39, 0.29) is 5.75 Å². The van der Waals surface area contributed by atoms with Gasteiger partial charge < -0.3 is 5.11 Å². The van der Waals surface area contributed by atoms with Gasteiger partial charge in [-0.15, -0.1) is 0 Å². The molecule has 11 heavy (non-hydrogen) atoms. The van der Waals surface area contributed by atoms with Gasteiger partial charge in [0.15, 0.2) is 11.6 Å². The molecule has 0 aliphatic rings. The van der Waals surface area contributed by atoms with Crippen LogP contribution in [0.2, 0.25) is 0 Å². The number of benzene rings is 1. The zero-order valence-corrected chi connectivity index (χ0v) is 8.61. The first-order chi connectivity index (χ1) is 5.15. The van der Waals surface area contributed by atoms with E-state index < -0.39 is 5.82 Å². The van der Waals surface area contributed by atoms with Crippen molar-refractivity contribution >= 4 is 31.9 Å². The van der Waals surface area contributed by atoms with E-state index >= 15 is 0 Å². The lowest BCUT2D eigenvalue weighted by molar-refractivity contribution is 0.428. The van der Waals surface area contributed by atoms with Crippen molar-refractivity contribution in [3.05, 3.63) is 28.0 Å². The van der Waals surface area contributed by atoms with Gasteiger partial charge in [0.25, 0.3) is 0 Å². The fourth-order valence-electron chi connectivity index (χ4n) is 0.695. The van der Waals surface area contributed by atoms with Crippen molar-refractivity contribution in [1.29, 1.82) is 0 Å². The average molecular weight is 284 g/mol. The highest BCUT2D eigenvalue weighted by molar-refractivity contribution is 9.10. The van der Waals surface area contributed by atoms with Crippen LogP contribution in [0.25, 0.3) is 0 Å². The minimum atomic E-state index is -0.603. The smallest absolute Gasteiger partial charge is 0.166 e. The van der Waals surface area contributed by atoms with E-state index in [9.17, 15) is 4.39 Å². The third-order valence-electron chi connectivity index (χ3n) is 1.23. The zero-order valence-electron chi connectivity index (χ0n) is 5.44. The molecule has 1 rings (SSSR count). The van der Waals surface area contributed by atoms with Gasteiger partial charge in [-0.2, -0.15) is 0 Å². The monoisotopic (exact) mass is 282 g/mol. The van der Waals surface area contributed by atoms with E-state index in [4.69, 9.17) is 5.11 Å². The minimum absolute atomic E-state index is 0.338. The van der Waals surface area contributed by atoms with E-state index in [1.54, 1.807) is 6.07 Å². The van der Waals surface area contributed by atoms with Crippen molar-refractivity contribution in [2.45, 2.75) is 5.33 Å². The van der Waals surface area contributed by atoms with Crippen molar-refractivity contribution in [2.24, 2.45) is 0 Å². The van der Waals surface area contributed by atoms with E-state index in [1.165, 1.54) is 6.07 Å². The minimum Gasteiger partial charge on any atom is -0.504 e. The zero-order chi connectivity index (χ0) is 8.43. The first-order valence-corrected chi connectivity index (χ1v) is 4.79. The molecule has 0 aliphatic heterocycles. The van der Waals surface area contributed by atoms with Crippen molar-refractivity contribution in [2.75, 3.05) is 0 Å². The summed E-state index contributed by atoms with van der Waals surface area (Å²) >= 11 is 6.21. The molecule has 1 aromatic rings. The lowest BCUT2D eigenvalue weighted by atomic mass is 10.2. The molecule has 0 radical (unpaired) electrons. The molecule has 0 unspecified atom stereocenters. The molecule has 1 N–H and O–H groups in total. The Labute approximate surface area is 80.5 Å². The summed E-state index contributed by atoms with van der Waals surface area (Å²) < 4.78 is 13.1. The molecule has 0 fully saturated rings. The Bertz CT molecular complexity index is 252. The largest absolute Gasteiger partial charge is 0.504 e. The van der Waals surface area contributed by atoms with Gasteiger partial charge >= 0.3 is 0 Å². The summed E-state index contributed by atoms with van der Waals surface area (Å²) in [5.41, 5.74) is 0.784. The summed E-state index contributed by atoms with van der Waals surface area (Å²) in [5, 5.41) is 9.56. The lowest BCUT2D eigenvalue weighted by Crippen LogP contribution is -1.83. The van der Waals surface area contributed by atoms with Gasteiger partial charge in [-0.3, -0.25) is 0 Å². The Hall–Kier alpha value is -0.0900. The summed E-state index contributed by atoms with van der Waals surface area (Å²) in [7, 11) is 0. The third-order valence-corrected chi connectivity index (χ3v) is 2.48. The van der Waals surface area contributed by atoms with Crippen LogP contribution in [-0.4, -0.2) is 5.11 Å². The second-order valence-electron chi connectivity index (χ2n) is 2.04. The molecule has 0 aliphatic carbocycles. The predicted molar refractivity (Wildman–Crippen MR) is 48.4 cm³/mol. The van der Waals surface area contributed by atoms with Crippen molar-refractivity contribution in [1.82, 2.24) is 0 Å². The molecule has 0 spiro atoms. The fraction of sp³-hybridized carbons (Fsp3) is 0.143. The van der Waals surface area contributed by atoms with Gasteiger partial charge in [-0.1, -0.05) is 15.9 Å². The number of phenols is 1. The normalized spacial score (nSPS) is 10.1. The Morgan fingerprint density at radius 1 is 1.45 bits per heavy atom. The van der Waals surface area contributed by atoms with Crippen LogP contribution in [0.5, 0.6) is 5.75 Å². The molecular weight excluding hydrogens is 279 g/mol. The first kappa shape index (κ1) is 9.00. The number of halogens is 3. The Morgan fingerprint density at radius 3 is 2.55 bits per heavy atom. The third kappa shape index (κ3) is 1.93. The molecule has 1 aromatic carbocycles. The highest BCUT2D eigenvalue weighted by Gasteiger charge is 2.06. The molecule has 0 aromatic heterocycles. The summed E-state index contributed by atoms with van der Waals surface area (Å²) in [5.74, 6) is -0.941. The topological polar surface area (TPSA) is 20.2 Å². The van der Waals surface area contributed by atoms with Crippen LogP contribution in [0.15, 0.2) is 16.6 Å². The van der Waals surface area contributed by atoms with Gasteiger partial charge in [0, 0.05) is 5.33 Å². The molecule has 0 heterocycles. The number of phenolic OH excluding ortho intramolecular Hbond substituents is 1. The van der Waals surface area contributed by atoms with Gasteiger partial charge in [0.05, 0.1) is 4.47 Å². The number of alkyl halides is 1. The highest BCUT2D eigenvalue weighted by atomic mass is 79.9. The molecule has 0 saturated carbocycles. The maximum atomic E-state index is 12.7. The Morgan fingerprint density at radius 2 is 2.09 bits per heavy atom. The van der Waals surface area contributed by atoms with Crippen LogP contribution in [0.1, 0.15) is 5.56 Å². The summed E-state index contributed by atoms with van der Waals surface area (Å²) in [6.07, 6.45) is 0. The van der Waals surface area contributed by atoms with E-state index in [2.05, 4.69) is 31.9 Å². The SMILES string of the molecule is Oc1c(F)cc(CBr)cc1Br. The number of hydrogen-bond acceptors (Lipinski definition) is 1. The molecule has 1 nitrogen and oxygen atoms in total. The van der Waals surface area contributed by atoms with Crippen LogP contribution in [0.3, 0.4) is 0 Å². The second kappa shape index (κ2) is 3.54. The molecular formula is C7H5Br2FO. The Balaban J connectivity index is 3.21. The van der Waals surface area contributed by atoms with Crippen molar-refractivity contribution in [3.63, 3.8) is 0 Å². The number of hydrogen-bond donors (Lipinski definition) is 1. The van der Waals surface area contributed by atoms with Crippen LogP contribution in [0.4, 0.5) is 4.39 Å². The van der Waals surface area contributed by atoms with Crippen molar-refractivity contribution < 1.29 is 9.50 Å². The second-order valence-corrected chi connectivity index (χ2v) is 3.46. The van der Waals surface area contributed by atoms with E-state index in [0.29, 0.717) is 9.80 Å². The summed E-state index contributed by atoms with van der Waals surface area (Å²) in [6, 6.07) is 2.95. The Kier molecular flexibility index (Phi) is 2.90. The standard InChI is InChI=1S/C7H5Br2FO/c8-3-4-1-5(9)7(11)6(10)2-4/h1-2,11H,3H2. The molecule has 4 heteroatoms. The fourth-order valence-corrected chi connectivity index (χ4v) is 1.50. The molecule has 60 valence electrons. The van der Waals surface area contributed by atoms with Crippen LogP contribution >= 0.6 is 31.9 Å².